The number of ether oxygens (including phenoxy) is 3. The fraction of sp³-hybridized carbons (Fsp3) is 0.333. The van der Waals surface area contributed by atoms with E-state index in [1.54, 1.807) is 25.1 Å². The number of hydrogen-bond donors (Lipinski definition) is 1. The third-order valence-electron chi connectivity index (χ3n) is 4.78. The molecule has 172 valence electrons. The summed E-state index contributed by atoms with van der Waals surface area (Å²) in [6.45, 7) is 2.20. The second-order valence-electron chi connectivity index (χ2n) is 6.97. The number of methoxy groups -OCH3 is 1. The lowest BCUT2D eigenvalue weighted by atomic mass is 10.2. The molecule has 1 heterocycles. The van der Waals surface area contributed by atoms with E-state index in [4.69, 9.17) is 25.8 Å². The summed E-state index contributed by atoms with van der Waals surface area (Å²) in [5, 5.41) is 3.17. The molecular weight excluding hydrogens is 460 g/mol. The van der Waals surface area contributed by atoms with Gasteiger partial charge in [0.1, 0.15) is 10.6 Å². The van der Waals surface area contributed by atoms with Crippen molar-refractivity contribution in [3.8, 4) is 5.75 Å². The van der Waals surface area contributed by atoms with Crippen LogP contribution in [0.2, 0.25) is 5.02 Å². The monoisotopic (exact) mass is 482 g/mol. The molecular formula is C21H23ClN2O7S. The lowest BCUT2D eigenvalue weighted by Gasteiger charge is -2.26. The Morgan fingerprint density at radius 1 is 1.16 bits per heavy atom. The van der Waals surface area contributed by atoms with Gasteiger partial charge < -0.3 is 19.5 Å². The van der Waals surface area contributed by atoms with E-state index in [2.05, 4.69) is 5.32 Å². The number of carbonyl (C=O) groups excluding carboxylic acids is 2. The van der Waals surface area contributed by atoms with Crippen LogP contribution in [0.4, 0.5) is 5.69 Å². The Bertz CT molecular complexity index is 1120. The van der Waals surface area contributed by atoms with Gasteiger partial charge in [-0.15, -0.1) is 0 Å². The van der Waals surface area contributed by atoms with Crippen LogP contribution >= 0.6 is 11.6 Å². The molecule has 1 saturated heterocycles. The highest BCUT2D eigenvalue weighted by Crippen LogP contribution is 2.28. The molecule has 9 nitrogen and oxygen atoms in total. The Labute approximate surface area is 191 Å². The van der Waals surface area contributed by atoms with E-state index >= 15 is 0 Å². The van der Waals surface area contributed by atoms with Crippen molar-refractivity contribution in [3.05, 3.63) is 52.5 Å². The summed E-state index contributed by atoms with van der Waals surface area (Å²) >= 11 is 5.90. The number of benzene rings is 2. The molecule has 2 aromatic carbocycles. The minimum absolute atomic E-state index is 0.0203. The van der Waals surface area contributed by atoms with Crippen molar-refractivity contribution in [2.24, 2.45) is 0 Å². The number of anilines is 1. The molecule has 1 aliphatic heterocycles. The molecule has 0 spiro atoms. The van der Waals surface area contributed by atoms with Crippen LogP contribution < -0.4 is 10.1 Å². The lowest BCUT2D eigenvalue weighted by molar-refractivity contribution is -0.119. The first-order valence-electron chi connectivity index (χ1n) is 9.71. The molecule has 0 saturated carbocycles. The van der Waals surface area contributed by atoms with Crippen molar-refractivity contribution in [3.63, 3.8) is 0 Å². The predicted octanol–water partition coefficient (Wildman–Crippen LogP) is 2.47. The number of esters is 1. The number of carbonyl (C=O) groups is 2. The average Bonchev–Trinajstić information content (AvgIpc) is 2.79. The van der Waals surface area contributed by atoms with Crippen LogP contribution in [0.5, 0.6) is 5.75 Å². The summed E-state index contributed by atoms with van der Waals surface area (Å²) in [4.78, 5) is 24.5. The zero-order valence-electron chi connectivity index (χ0n) is 17.6. The summed E-state index contributed by atoms with van der Waals surface area (Å²) < 4.78 is 42.8. The molecule has 32 heavy (non-hydrogen) atoms. The molecule has 0 atom stereocenters. The molecule has 1 fully saturated rings. The highest BCUT2D eigenvalue weighted by Gasteiger charge is 2.30. The maximum atomic E-state index is 13.0. The van der Waals surface area contributed by atoms with Gasteiger partial charge in [0, 0.05) is 23.8 Å². The molecule has 0 radical (unpaired) electrons. The first-order valence-corrected chi connectivity index (χ1v) is 11.5. The topological polar surface area (TPSA) is 111 Å². The van der Waals surface area contributed by atoms with Crippen molar-refractivity contribution < 1.29 is 32.2 Å². The summed E-state index contributed by atoms with van der Waals surface area (Å²) in [6.07, 6.45) is 0. The smallest absolute Gasteiger partial charge is 0.338 e. The molecule has 0 aromatic heterocycles. The summed E-state index contributed by atoms with van der Waals surface area (Å²) in [7, 11) is -2.57. The first-order chi connectivity index (χ1) is 15.2. The van der Waals surface area contributed by atoms with Gasteiger partial charge >= 0.3 is 5.97 Å². The zero-order valence-corrected chi connectivity index (χ0v) is 19.2. The molecule has 2 aromatic rings. The molecule has 1 N–H and O–H groups in total. The second kappa shape index (κ2) is 10.3. The van der Waals surface area contributed by atoms with Crippen LogP contribution in [0.25, 0.3) is 0 Å². The van der Waals surface area contributed by atoms with Gasteiger partial charge in [-0.2, -0.15) is 4.31 Å². The largest absolute Gasteiger partial charge is 0.495 e. The number of nitrogens with one attached hydrogen (secondary N) is 1. The van der Waals surface area contributed by atoms with E-state index in [1.165, 1.54) is 29.6 Å². The quantitative estimate of drug-likeness (QED) is 0.603. The minimum Gasteiger partial charge on any atom is -0.495 e. The van der Waals surface area contributed by atoms with Crippen molar-refractivity contribution >= 4 is 39.2 Å². The van der Waals surface area contributed by atoms with Crippen LogP contribution in [-0.4, -0.2) is 64.6 Å². The fourth-order valence-corrected chi connectivity index (χ4v) is 4.92. The molecule has 0 aliphatic carbocycles. The van der Waals surface area contributed by atoms with Crippen molar-refractivity contribution in [1.29, 1.82) is 0 Å². The van der Waals surface area contributed by atoms with Crippen molar-refractivity contribution in [2.45, 2.75) is 11.8 Å². The van der Waals surface area contributed by atoms with Crippen LogP contribution in [0, 0.1) is 6.92 Å². The molecule has 1 amide bonds. The highest BCUT2D eigenvalue weighted by atomic mass is 35.5. The van der Waals surface area contributed by atoms with E-state index in [0.29, 0.717) is 10.7 Å². The van der Waals surface area contributed by atoms with Crippen LogP contribution in [0.15, 0.2) is 41.3 Å². The highest BCUT2D eigenvalue weighted by molar-refractivity contribution is 7.89. The number of sulfonamides is 1. The molecule has 1 aliphatic rings. The Balaban J connectivity index is 1.71. The third kappa shape index (κ3) is 5.57. The normalized spacial score (nSPS) is 14.6. The number of hydrogen-bond acceptors (Lipinski definition) is 7. The fourth-order valence-electron chi connectivity index (χ4n) is 3.10. The Hall–Kier alpha value is -2.66. The van der Waals surface area contributed by atoms with Crippen LogP contribution in [0.3, 0.4) is 0 Å². The van der Waals surface area contributed by atoms with Crippen LogP contribution in [0.1, 0.15) is 15.9 Å². The standard InChI is InChI=1S/C21H23ClN2O7S/c1-14-11-16(22)4-5-17(14)23-20(25)13-31-21(26)15-3-6-18(29-2)19(12-15)32(27,28)24-7-9-30-10-8-24/h3-6,11-12H,7-10,13H2,1-2H3,(H,23,25). The Morgan fingerprint density at radius 3 is 2.53 bits per heavy atom. The van der Waals surface area contributed by atoms with E-state index in [9.17, 15) is 18.0 Å². The van der Waals surface area contributed by atoms with E-state index in [-0.39, 0.29) is 42.5 Å². The van der Waals surface area contributed by atoms with Gasteiger partial charge in [0.15, 0.2) is 6.61 Å². The van der Waals surface area contributed by atoms with Crippen LogP contribution in [-0.2, 0) is 24.3 Å². The summed E-state index contributed by atoms with van der Waals surface area (Å²) in [5.41, 5.74) is 1.28. The Morgan fingerprint density at radius 2 is 1.88 bits per heavy atom. The molecule has 0 bridgehead atoms. The molecule has 3 rings (SSSR count). The predicted molar refractivity (Wildman–Crippen MR) is 118 cm³/mol. The summed E-state index contributed by atoms with van der Waals surface area (Å²) in [5.74, 6) is -1.28. The second-order valence-corrected chi connectivity index (χ2v) is 9.31. The van der Waals surface area contributed by atoms with Gasteiger partial charge in [-0.1, -0.05) is 11.6 Å². The maximum absolute atomic E-state index is 13.0. The van der Waals surface area contributed by atoms with Crippen molar-refractivity contribution in [1.82, 2.24) is 4.31 Å². The van der Waals surface area contributed by atoms with E-state index in [0.717, 1.165) is 5.56 Å². The SMILES string of the molecule is COc1ccc(C(=O)OCC(=O)Nc2ccc(Cl)cc2C)cc1S(=O)(=O)N1CCOCC1. The number of amides is 1. The number of halogens is 1. The molecule has 11 heteroatoms. The van der Waals surface area contributed by atoms with Gasteiger partial charge in [-0.05, 0) is 48.9 Å². The lowest BCUT2D eigenvalue weighted by Crippen LogP contribution is -2.40. The number of aryl methyl sites for hydroxylation is 1. The van der Waals surface area contributed by atoms with Crippen molar-refractivity contribution in [2.75, 3.05) is 45.3 Å². The van der Waals surface area contributed by atoms with Gasteiger partial charge in [0.2, 0.25) is 10.0 Å². The third-order valence-corrected chi connectivity index (χ3v) is 6.94. The summed E-state index contributed by atoms with van der Waals surface area (Å²) in [6, 6.07) is 8.90. The first kappa shape index (κ1) is 24.0. The van der Waals surface area contributed by atoms with Gasteiger partial charge in [0.05, 0.1) is 25.9 Å². The molecule has 0 unspecified atom stereocenters. The maximum Gasteiger partial charge on any atom is 0.338 e. The van der Waals surface area contributed by atoms with Gasteiger partial charge in [0.25, 0.3) is 5.91 Å². The number of nitrogens with zero attached hydrogens (tertiary/aromatic N) is 1. The number of morpholine rings is 1. The zero-order chi connectivity index (χ0) is 23.3. The van der Waals surface area contributed by atoms with Gasteiger partial charge in [-0.3, -0.25) is 4.79 Å². The minimum atomic E-state index is -3.91. The van der Waals surface area contributed by atoms with E-state index in [1.807, 2.05) is 0 Å². The Kier molecular flexibility index (Phi) is 7.73. The average molecular weight is 483 g/mol. The van der Waals surface area contributed by atoms with Gasteiger partial charge in [-0.25, -0.2) is 13.2 Å². The number of rotatable bonds is 7. The van der Waals surface area contributed by atoms with E-state index < -0.39 is 28.5 Å².